The third kappa shape index (κ3) is 5.08. The van der Waals surface area contributed by atoms with Gasteiger partial charge in [-0.15, -0.1) is 0 Å². The van der Waals surface area contributed by atoms with E-state index < -0.39 is 0 Å². The molecule has 0 bridgehead atoms. The molecule has 0 spiro atoms. The molecule has 0 saturated carbocycles. The highest BCUT2D eigenvalue weighted by molar-refractivity contribution is 5.95. The molecule has 0 aromatic heterocycles. The number of carbonyl (C=O) groups is 1. The smallest absolute Gasteiger partial charge is 0.254 e. The van der Waals surface area contributed by atoms with E-state index in [1.807, 2.05) is 4.90 Å². The minimum absolute atomic E-state index is 0.00843. The molecule has 1 aromatic carbocycles. The molecule has 1 heterocycles. The molecule has 1 aliphatic rings. The lowest BCUT2D eigenvalue weighted by molar-refractivity contribution is 0.0294. The molecular weight excluding hydrogens is 358 g/mol. The summed E-state index contributed by atoms with van der Waals surface area (Å²) in [6, 6.07) is 4.08. The molecule has 7 heteroatoms. The second kappa shape index (κ2) is 9.98. The van der Waals surface area contributed by atoms with Crippen LogP contribution in [0.15, 0.2) is 12.1 Å². The zero-order chi connectivity index (χ0) is 20.8. The third-order valence-electron chi connectivity index (χ3n) is 5.32. The quantitative estimate of drug-likeness (QED) is 0.675. The van der Waals surface area contributed by atoms with E-state index in [4.69, 9.17) is 14.2 Å². The highest BCUT2D eigenvalue weighted by Crippen LogP contribution is 2.38. The fraction of sp³-hybridized carbons (Fsp3) is 0.667. The Morgan fingerprint density at radius 1 is 1.04 bits per heavy atom. The number of ether oxygens (including phenoxy) is 3. The third-order valence-corrected chi connectivity index (χ3v) is 5.32. The van der Waals surface area contributed by atoms with Gasteiger partial charge in [-0.1, -0.05) is 0 Å². The summed E-state index contributed by atoms with van der Waals surface area (Å²) in [5.41, 5.74) is 0.551. The van der Waals surface area contributed by atoms with Gasteiger partial charge in [0.05, 0.1) is 21.3 Å². The van der Waals surface area contributed by atoms with Crippen LogP contribution in [0.4, 0.5) is 0 Å². The van der Waals surface area contributed by atoms with E-state index in [9.17, 15) is 4.79 Å². The number of benzene rings is 1. The number of hydrogen-bond donors (Lipinski definition) is 0. The fourth-order valence-electron chi connectivity index (χ4n) is 3.92. The predicted octanol–water partition coefficient (Wildman–Crippen LogP) is 2.20. The lowest BCUT2D eigenvalue weighted by atomic mass is 10.1. The lowest BCUT2D eigenvalue weighted by Gasteiger charge is -2.44. The minimum Gasteiger partial charge on any atom is -0.493 e. The van der Waals surface area contributed by atoms with Crippen molar-refractivity contribution in [1.82, 2.24) is 14.7 Å². The molecule has 158 valence electrons. The number of methoxy groups -OCH3 is 3. The monoisotopic (exact) mass is 393 g/mol. The van der Waals surface area contributed by atoms with E-state index in [2.05, 4.69) is 37.7 Å². The first-order chi connectivity index (χ1) is 13.3. The van der Waals surface area contributed by atoms with Crippen molar-refractivity contribution in [3.05, 3.63) is 17.7 Å². The van der Waals surface area contributed by atoms with Gasteiger partial charge >= 0.3 is 0 Å². The van der Waals surface area contributed by atoms with Crippen LogP contribution >= 0.6 is 0 Å². The van der Waals surface area contributed by atoms with Crippen molar-refractivity contribution in [2.75, 3.05) is 61.6 Å². The Labute approximate surface area is 169 Å². The number of carbonyl (C=O) groups excluding carboxylic acids is 1. The summed E-state index contributed by atoms with van der Waals surface area (Å²) in [4.78, 5) is 19.8. The normalized spacial score (nSPS) is 20.4. The predicted molar refractivity (Wildman–Crippen MR) is 111 cm³/mol. The Morgan fingerprint density at radius 3 is 2.00 bits per heavy atom. The van der Waals surface area contributed by atoms with Gasteiger partial charge < -0.3 is 24.0 Å². The van der Waals surface area contributed by atoms with Crippen molar-refractivity contribution in [2.45, 2.75) is 32.4 Å². The molecule has 1 aromatic rings. The van der Waals surface area contributed by atoms with Crippen LogP contribution in [0.25, 0.3) is 0 Å². The Bertz CT molecular complexity index is 628. The number of rotatable bonds is 8. The average molecular weight is 394 g/mol. The van der Waals surface area contributed by atoms with Crippen molar-refractivity contribution >= 4 is 5.91 Å². The summed E-state index contributed by atoms with van der Waals surface area (Å²) in [5, 5.41) is 0. The van der Waals surface area contributed by atoms with Gasteiger partial charge in [0.25, 0.3) is 5.91 Å². The molecule has 1 saturated heterocycles. The van der Waals surface area contributed by atoms with E-state index in [1.165, 1.54) is 0 Å². The molecule has 0 aliphatic carbocycles. The molecule has 1 amide bonds. The summed E-state index contributed by atoms with van der Waals surface area (Å²) < 4.78 is 16.1. The highest BCUT2D eigenvalue weighted by atomic mass is 16.5. The maximum absolute atomic E-state index is 13.2. The van der Waals surface area contributed by atoms with Crippen LogP contribution < -0.4 is 14.2 Å². The molecule has 2 atom stereocenters. The van der Waals surface area contributed by atoms with E-state index in [0.29, 0.717) is 48.0 Å². The maximum atomic E-state index is 13.2. The van der Waals surface area contributed by atoms with Gasteiger partial charge in [0.2, 0.25) is 5.75 Å². The van der Waals surface area contributed by atoms with E-state index in [1.54, 1.807) is 33.5 Å². The Hall–Kier alpha value is -1.99. The maximum Gasteiger partial charge on any atom is 0.254 e. The van der Waals surface area contributed by atoms with E-state index in [-0.39, 0.29) is 5.91 Å². The number of hydrogen-bond acceptors (Lipinski definition) is 6. The first-order valence-electron chi connectivity index (χ1n) is 9.82. The molecule has 1 aliphatic heterocycles. The standard InChI is InChI=1S/C21H35N3O4/c1-15-13-23(14-16(2)24(15)10-8-9-22(3)4)21(25)17-11-18(26-5)20(28-7)19(12-17)27-6/h11-12,15-16H,8-10,13-14H2,1-7H3. The summed E-state index contributed by atoms with van der Waals surface area (Å²) in [6.45, 7) is 7.93. The molecule has 28 heavy (non-hydrogen) atoms. The van der Waals surface area contributed by atoms with Crippen LogP contribution in [0.5, 0.6) is 17.2 Å². The van der Waals surface area contributed by atoms with Crippen LogP contribution in [0.2, 0.25) is 0 Å². The highest BCUT2D eigenvalue weighted by Gasteiger charge is 2.32. The first-order valence-corrected chi connectivity index (χ1v) is 9.82. The molecule has 2 unspecified atom stereocenters. The van der Waals surface area contributed by atoms with Gasteiger partial charge in [-0.3, -0.25) is 9.69 Å². The summed E-state index contributed by atoms with van der Waals surface area (Å²) >= 11 is 0. The molecular formula is C21H35N3O4. The molecule has 7 nitrogen and oxygen atoms in total. The lowest BCUT2D eigenvalue weighted by Crippen LogP contribution is -2.58. The van der Waals surface area contributed by atoms with Crippen molar-refractivity contribution in [3.8, 4) is 17.2 Å². The van der Waals surface area contributed by atoms with Gasteiger partial charge in [-0.25, -0.2) is 0 Å². The van der Waals surface area contributed by atoms with Gasteiger partial charge in [0, 0.05) is 37.3 Å². The number of piperazine rings is 1. The van der Waals surface area contributed by atoms with Gasteiger partial charge in [-0.2, -0.15) is 0 Å². The van der Waals surface area contributed by atoms with Gasteiger partial charge in [0.1, 0.15) is 0 Å². The van der Waals surface area contributed by atoms with Crippen molar-refractivity contribution < 1.29 is 19.0 Å². The Kier molecular flexibility index (Phi) is 7.95. The van der Waals surface area contributed by atoms with Gasteiger partial charge in [-0.05, 0) is 53.0 Å². The summed E-state index contributed by atoms with van der Waals surface area (Å²) in [6.07, 6.45) is 1.13. The minimum atomic E-state index is -0.00843. The topological polar surface area (TPSA) is 54.5 Å². The second-order valence-corrected chi connectivity index (χ2v) is 7.72. The van der Waals surface area contributed by atoms with Crippen molar-refractivity contribution in [1.29, 1.82) is 0 Å². The largest absolute Gasteiger partial charge is 0.493 e. The number of nitrogens with zero attached hydrogens (tertiary/aromatic N) is 3. The van der Waals surface area contributed by atoms with Gasteiger partial charge in [0.15, 0.2) is 11.5 Å². The first kappa shape index (κ1) is 22.3. The molecule has 0 radical (unpaired) electrons. The van der Waals surface area contributed by atoms with Crippen LogP contribution in [0, 0.1) is 0 Å². The fourth-order valence-corrected chi connectivity index (χ4v) is 3.92. The second-order valence-electron chi connectivity index (χ2n) is 7.72. The van der Waals surface area contributed by atoms with Crippen molar-refractivity contribution in [2.24, 2.45) is 0 Å². The zero-order valence-corrected chi connectivity index (χ0v) is 18.3. The average Bonchev–Trinajstić information content (AvgIpc) is 2.67. The van der Waals surface area contributed by atoms with Crippen LogP contribution in [0.3, 0.4) is 0 Å². The van der Waals surface area contributed by atoms with Crippen LogP contribution in [0.1, 0.15) is 30.6 Å². The van der Waals surface area contributed by atoms with E-state index >= 15 is 0 Å². The summed E-state index contributed by atoms with van der Waals surface area (Å²) in [7, 11) is 8.87. The Morgan fingerprint density at radius 2 is 1.57 bits per heavy atom. The Balaban J connectivity index is 2.13. The SMILES string of the molecule is COc1cc(C(=O)N2CC(C)N(CCCN(C)C)C(C)C2)cc(OC)c1OC. The van der Waals surface area contributed by atoms with Crippen molar-refractivity contribution in [3.63, 3.8) is 0 Å². The molecule has 0 N–H and O–H groups in total. The molecule has 1 fully saturated rings. The van der Waals surface area contributed by atoms with Crippen LogP contribution in [-0.4, -0.2) is 94.3 Å². The van der Waals surface area contributed by atoms with Crippen LogP contribution in [-0.2, 0) is 0 Å². The number of amides is 1. The zero-order valence-electron chi connectivity index (χ0n) is 18.3. The summed E-state index contributed by atoms with van der Waals surface area (Å²) in [5.74, 6) is 1.47. The molecule has 2 rings (SSSR count). The van der Waals surface area contributed by atoms with E-state index in [0.717, 1.165) is 19.5 Å².